The number of morpholine rings is 1. The summed E-state index contributed by atoms with van der Waals surface area (Å²) in [5, 5.41) is 19.6. The molecule has 1 aliphatic rings. The zero-order chi connectivity index (χ0) is 26.6. The second kappa shape index (κ2) is 11.1. The van der Waals surface area contributed by atoms with E-state index in [0.717, 1.165) is 34.2 Å². The molecule has 0 radical (unpaired) electrons. The normalized spacial score (nSPS) is 15.5. The number of amides is 1. The summed E-state index contributed by atoms with van der Waals surface area (Å²) in [6.07, 6.45) is 5.28. The fourth-order valence-corrected chi connectivity index (χ4v) is 4.86. The number of benzene rings is 2. The van der Waals surface area contributed by atoms with E-state index in [1.807, 2.05) is 42.1 Å². The molecule has 3 aromatic heterocycles. The minimum absolute atomic E-state index is 0.00675. The second-order valence-electron chi connectivity index (χ2n) is 9.41. The molecule has 1 fully saturated rings. The average Bonchev–Trinajstić information content (AvgIpc) is 3.53. The zero-order valence-corrected chi connectivity index (χ0v) is 21.6. The molecule has 6 rings (SSSR count). The number of aromatic nitrogens is 5. The van der Waals surface area contributed by atoms with Crippen molar-refractivity contribution >= 4 is 39.7 Å². The van der Waals surface area contributed by atoms with Gasteiger partial charge in [-0.2, -0.15) is 10.2 Å². The van der Waals surface area contributed by atoms with Gasteiger partial charge < -0.3 is 20.1 Å². The SMILES string of the molecule is CCc1c(NC(=O)OCC2COCCN2)cn2ncnc(Nc3ccc4c(cnn4Cc4ccccc4)c3)c12. The van der Waals surface area contributed by atoms with Crippen LogP contribution in [0.25, 0.3) is 16.4 Å². The highest BCUT2D eigenvalue weighted by atomic mass is 16.6. The molecule has 11 nitrogen and oxygen atoms in total. The van der Waals surface area contributed by atoms with Gasteiger partial charge in [0.05, 0.1) is 49.4 Å². The van der Waals surface area contributed by atoms with Crippen molar-refractivity contribution in [2.24, 2.45) is 0 Å². The average molecular weight is 527 g/mol. The van der Waals surface area contributed by atoms with Crippen LogP contribution in [0, 0.1) is 0 Å². The van der Waals surface area contributed by atoms with Gasteiger partial charge in [0.1, 0.15) is 18.5 Å². The Morgan fingerprint density at radius 1 is 1.21 bits per heavy atom. The van der Waals surface area contributed by atoms with Crippen molar-refractivity contribution in [2.75, 3.05) is 37.0 Å². The lowest BCUT2D eigenvalue weighted by atomic mass is 10.2. The first-order chi connectivity index (χ1) is 19.2. The van der Waals surface area contributed by atoms with Crippen LogP contribution in [0.2, 0.25) is 0 Å². The lowest BCUT2D eigenvalue weighted by molar-refractivity contribution is 0.0494. The number of rotatable bonds is 8. The molecule has 5 aromatic rings. The van der Waals surface area contributed by atoms with Crippen molar-refractivity contribution in [3.63, 3.8) is 0 Å². The molecule has 200 valence electrons. The third kappa shape index (κ3) is 5.40. The van der Waals surface area contributed by atoms with Crippen LogP contribution in [0.1, 0.15) is 18.1 Å². The number of aryl methyl sites for hydroxylation is 1. The first kappa shape index (κ1) is 24.8. The number of hydrogen-bond donors (Lipinski definition) is 3. The number of ether oxygens (including phenoxy) is 2. The van der Waals surface area contributed by atoms with Gasteiger partial charge in [0.25, 0.3) is 0 Å². The molecule has 0 bridgehead atoms. The van der Waals surface area contributed by atoms with Gasteiger partial charge in [0.2, 0.25) is 0 Å². The number of nitrogens with one attached hydrogen (secondary N) is 3. The third-order valence-corrected chi connectivity index (χ3v) is 6.76. The monoisotopic (exact) mass is 526 g/mol. The van der Waals surface area contributed by atoms with Crippen molar-refractivity contribution in [2.45, 2.75) is 25.9 Å². The molecule has 39 heavy (non-hydrogen) atoms. The summed E-state index contributed by atoms with van der Waals surface area (Å²) in [7, 11) is 0. The van der Waals surface area contributed by atoms with E-state index in [1.165, 1.54) is 11.9 Å². The van der Waals surface area contributed by atoms with E-state index in [1.54, 1.807) is 10.7 Å². The van der Waals surface area contributed by atoms with Gasteiger partial charge in [-0.25, -0.2) is 14.3 Å². The fraction of sp³-hybridized carbons (Fsp3) is 0.286. The summed E-state index contributed by atoms with van der Waals surface area (Å²) < 4.78 is 14.6. The largest absolute Gasteiger partial charge is 0.448 e. The minimum Gasteiger partial charge on any atom is -0.448 e. The van der Waals surface area contributed by atoms with E-state index in [9.17, 15) is 4.79 Å². The number of carbonyl (C=O) groups is 1. The molecule has 0 aliphatic carbocycles. The molecule has 1 saturated heterocycles. The second-order valence-corrected chi connectivity index (χ2v) is 9.41. The van der Waals surface area contributed by atoms with E-state index < -0.39 is 6.09 Å². The first-order valence-corrected chi connectivity index (χ1v) is 13.0. The van der Waals surface area contributed by atoms with E-state index in [4.69, 9.17) is 9.47 Å². The summed E-state index contributed by atoms with van der Waals surface area (Å²) in [6, 6.07) is 16.4. The van der Waals surface area contributed by atoms with Gasteiger partial charge in [0.15, 0.2) is 5.82 Å². The first-order valence-electron chi connectivity index (χ1n) is 13.0. The molecule has 1 atom stereocenters. The van der Waals surface area contributed by atoms with E-state index in [2.05, 4.69) is 55.4 Å². The Morgan fingerprint density at radius 3 is 2.92 bits per heavy atom. The molecule has 4 heterocycles. The van der Waals surface area contributed by atoms with Crippen LogP contribution in [-0.4, -0.2) is 62.9 Å². The Morgan fingerprint density at radius 2 is 2.10 bits per heavy atom. The van der Waals surface area contributed by atoms with Gasteiger partial charge in [-0.1, -0.05) is 37.3 Å². The van der Waals surface area contributed by atoms with Crippen molar-refractivity contribution in [1.29, 1.82) is 0 Å². The maximum absolute atomic E-state index is 12.5. The highest BCUT2D eigenvalue weighted by molar-refractivity contribution is 5.91. The topological polar surface area (TPSA) is 120 Å². The van der Waals surface area contributed by atoms with Gasteiger partial charge >= 0.3 is 6.09 Å². The number of nitrogens with zero attached hydrogens (tertiary/aromatic N) is 5. The van der Waals surface area contributed by atoms with Crippen LogP contribution < -0.4 is 16.0 Å². The van der Waals surface area contributed by atoms with E-state index >= 15 is 0 Å². The molecular formula is C28H30N8O3. The third-order valence-electron chi connectivity index (χ3n) is 6.76. The molecule has 1 amide bonds. The van der Waals surface area contributed by atoms with Crippen molar-refractivity contribution < 1.29 is 14.3 Å². The Kier molecular flexibility index (Phi) is 7.07. The van der Waals surface area contributed by atoms with Gasteiger partial charge in [-0.05, 0) is 30.2 Å². The number of fused-ring (bicyclic) bond motifs is 2. The molecule has 2 aromatic carbocycles. The Balaban J connectivity index is 1.20. The maximum Gasteiger partial charge on any atom is 0.411 e. The van der Waals surface area contributed by atoms with Crippen LogP contribution in [0.4, 0.5) is 22.0 Å². The molecular weight excluding hydrogens is 496 g/mol. The van der Waals surface area contributed by atoms with Crippen LogP contribution in [0.3, 0.4) is 0 Å². The van der Waals surface area contributed by atoms with Crippen LogP contribution in [0.5, 0.6) is 0 Å². The van der Waals surface area contributed by atoms with Crippen molar-refractivity contribution in [3.8, 4) is 0 Å². The van der Waals surface area contributed by atoms with Crippen molar-refractivity contribution in [1.82, 2.24) is 29.7 Å². The standard InChI is InChI=1S/C28H30N8O3/c1-2-23-24(34-28(37)39-17-22-16-38-11-10-29-22)15-36-26(23)27(30-18-32-36)33-21-8-9-25-20(12-21)13-31-35(25)14-19-6-4-3-5-7-19/h3-9,12-13,15,18,22,29H,2,10-11,14,16-17H2,1H3,(H,34,37)(H,30,32,33). The zero-order valence-electron chi connectivity index (χ0n) is 21.6. The summed E-state index contributed by atoms with van der Waals surface area (Å²) >= 11 is 0. The van der Waals surface area contributed by atoms with Crippen LogP contribution >= 0.6 is 0 Å². The van der Waals surface area contributed by atoms with Crippen LogP contribution in [-0.2, 0) is 22.4 Å². The fourth-order valence-electron chi connectivity index (χ4n) is 4.86. The summed E-state index contributed by atoms with van der Waals surface area (Å²) in [5.74, 6) is 0.642. The molecule has 0 saturated carbocycles. The van der Waals surface area contributed by atoms with E-state index in [-0.39, 0.29) is 12.6 Å². The highest BCUT2D eigenvalue weighted by Crippen LogP contribution is 2.30. The quantitative estimate of drug-likeness (QED) is 0.278. The lowest BCUT2D eigenvalue weighted by Crippen LogP contribution is -2.44. The predicted molar refractivity (Wildman–Crippen MR) is 149 cm³/mol. The lowest BCUT2D eigenvalue weighted by Gasteiger charge is -2.23. The Hall–Kier alpha value is -4.48. The number of carbonyl (C=O) groups excluding carboxylic acids is 1. The molecule has 1 aliphatic heterocycles. The predicted octanol–water partition coefficient (Wildman–Crippen LogP) is 3.97. The molecule has 0 spiro atoms. The van der Waals surface area contributed by atoms with Gasteiger partial charge in [-0.15, -0.1) is 0 Å². The Bertz CT molecular complexity index is 1590. The molecule has 11 heteroatoms. The minimum atomic E-state index is -0.520. The van der Waals surface area contributed by atoms with Crippen LogP contribution in [0.15, 0.2) is 67.3 Å². The summed E-state index contributed by atoms with van der Waals surface area (Å²) in [6.45, 7) is 4.91. The number of anilines is 3. The highest BCUT2D eigenvalue weighted by Gasteiger charge is 2.19. The van der Waals surface area contributed by atoms with Gasteiger partial charge in [0, 0.05) is 23.2 Å². The van der Waals surface area contributed by atoms with Crippen molar-refractivity contribution in [3.05, 3.63) is 78.4 Å². The van der Waals surface area contributed by atoms with Gasteiger partial charge in [-0.3, -0.25) is 10.00 Å². The number of hydrogen-bond acceptors (Lipinski definition) is 8. The molecule has 1 unspecified atom stereocenters. The van der Waals surface area contributed by atoms with E-state index in [0.29, 0.717) is 37.7 Å². The summed E-state index contributed by atoms with van der Waals surface area (Å²) in [5.41, 5.74) is 5.46. The molecule has 3 N–H and O–H groups in total. The summed E-state index contributed by atoms with van der Waals surface area (Å²) in [4.78, 5) is 17.1. The smallest absolute Gasteiger partial charge is 0.411 e. The maximum atomic E-state index is 12.5. The Labute approximate surface area is 225 Å².